The molecule has 2 saturated heterocycles. The second kappa shape index (κ2) is 5.40. The number of rotatable bonds is 3. The van der Waals surface area contributed by atoms with Crippen molar-refractivity contribution < 1.29 is 32.2 Å². The second-order valence-electron chi connectivity index (χ2n) is 5.59. The zero-order chi connectivity index (χ0) is 16.8. The number of benzene rings is 1. The van der Waals surface area contributed by atoms with Crippen LogP contribution in [0.1, 0.15) is 17.5 Å². The van der Waals surface area contributed by atoms with Crippen molar-refractivity contribution in [1.82, 2.24) is 0 Å². The average Bonchev–Trinajstić information content (AvgIpc) is 2.95. The van der Waals surface area contributed by atoms with E-state index in [-0.39, 0.29) is 5.57 Å². The average molecular weight is 326 g/mol. The van der Waals surface area contributed by atoms with E-state index in [2.05, 4.69) is 6.58 Å². The van der Waals surface area contributed by atoms with E-state index in [0.29, 0.717) is 18.4 Å². The fourth-order valence-electron chi connectivity index (χ4n) is 2.89. The van der Waals surface area contributed by atoms with Gasteiger partial charge in [-0.2, -0.15) is 13.2 Å². The zero-order valence-electron chi connectivity index (χ0n) is 11.9. The summed E-state index contributed by atoms with van der Waals surface area (Å²) in [5.74, 6) is -1.71. The van der Waals surface area contributed by atoms with Crippen molar-refractivity contribution in [3.8, 4) is 0 Å². The molecule has 7 heteroatoms. The van der Waals surface area contributed by atoms with E-state index < -0.39 is 41.8 Å². The predicted molar refractivity (Wildman–Crippen MR) is 72.2 cm³/mol. The first-order valence-corrected chi connectivity index (χ1v) is 7.04. The van der Waals surface area contributed by atoms with Gasteiger partial charge in [0, 0.05) is 5.57 Å². The molecular formula is C16H13F3O4. The van der Waals surface area contributed by atoms with Crippen LogP contribution in [0.25, 0.3) is 0 Å². The molecule has 0 N–H and O–H groups in total. The van der Waals surface area contributed by atoms with Gasteiger partial charge in [0.05, 0.1) is 11.5 Å². The van der Waals surface area contributed by atoms with E-state index in [0.717, 1.165) is 12.1 Å². The van der Waals surface area contributed by atoms with Gasteiger partial charge in [-0.25, -0.2) is 9.59 Å². The molecule has 2 aliphatic heterocycles. The molecule has 2 fully saturated rings. The highest BCUT2D eigenvalue weighted by molar-refractivity contribution is 5.97. The third-order valence-corrected chi connectivity index (χ3v) is 4.12. The van der Waals surface area contributed by atoms with Gasteiger partial charge in [-0.3, -0.25) is 0 Å². The van der Waals surface area contributed by atoms with Crippen LogP contribution in [0, 0.1) is 5.92 Å². The number of carbonyl (C=O) groups is 2. The van der Waals surface area contributed by atoms with E-state index >= 15 is 0 Å². The predicted octanol–water partition coefficient (Wildman–Crippen LogP) is 2.66. The number of esters is 2. The first-order chi connectivity index (χ1) is 10.8. The summed E-state index contributed by atoms with van der Waals surface area (Å²) in [6, 6.07) is 4.81. The lowest BCUT2D eigenvalue weighted by Crippen LogP contribution is -2.22. The molecule has 0 amide bonds. The largest absolute Gasteiger partial charge is 0.459 e. The standard InChI is InChI=1S/C16H13F3O4/c1-8-12-11(22-15(21)13(12)23-14(8)20)7-4-9-2-5-10(6-3-9)16(17,18)19/h2-3,5-6,11-13H,1,4,7H2/t11-,12-,13-/m0/s1. The Balaban J connectivity index is 1.66. The fraction of sp³-hybridized carbons (Fsp3) is 0.375. The van der Waals surface area contributed by atoms with Crippen LogP contribution in [0.3, 0.4) is 0 Å². The normalized spacial score (nSPS) is 26.9. The molecule has 0 aromatic heterocycles. The lowest BCUT2D eigenvalue weighted by molar-refractivity contribution is -0.156. The molecule has 3 atom stereocenters. The Morgan fingerprint density at radius 2 is 1.74 bits per heavy atom. The summed E-state index contributed by atoms with van der Waals surface area (Å²) in [5.41, 5.74) is 0.184. The lowest BCUT2D eigenvalue weighted by Gasteiger charge is -2.15. The number of hydrogen-bond acceptors (Lipinski definition) is 4. The number of carbonyl (C=O) groups excluding carboxylic acids is 2. The molecule has 2 heterocycles. The molecule has 2 aliphatic rings. The van der Waals surface area contributed by atoms with Gasteiger partial charge in [0.1, 0.15) is 6.10 Å². The smallest absolute Gasteiger partial charge is 0.416 e. The van der Waals surface area contributed by atoms with Gasteiger partial charge in [-0.05, 0) is 30.5 Å². The Morgan fingerprint density at radius 1 is 1.09 bits per heavy atom. The van der Waals surface area contributed by atoms with E-state index in [1.54, 1.807) is 0 Å². The highest BCUT2D eigenvalue weighted by Crippen LogP contribution is 2.39. The van der Waals surface area contributed by atoms with Crippen LogP contribution in [-0.4, -0.2) is 24.1 Å². The van der Waals surface area contributed by atoms with E-state index in [1.807, 2.05) is 0 Å². The van der Waals surface area contributed by atoms with Crippen LogP contribution in [0.2, 0.25) is 0 Å². The van der Waals surface area contributed by atoms with Crippen LogP contribution in [0.15, 0.2) is 36.4 Å². The summed E-state index contributed by atoms with van der Waals surface area (Å²) in [7, 11) is 0. The highest BCUT2D eigenvalue weighted by atomic mass is 19.4. The molecule has 23 heavy (non-hydrogen) atoms. The molecule has 0 aliphatic carbocycles. The first kappa shape index (κ1) is 15.6. The quantitative estimate of drug-likeness (QED) is 0.633. The summed E-state index contributed by atoms with van der Waals surface area (Å²) in [4.78, 5) is 23.1. The van der Waals surface area contributed by atoms with Gasteiger partial charge in [0.2, 0.25) is 6.10 Å². The topological polar surface area (TPSA) is 52.6 Å². The first-order valence-electron chi connectivity index (χ1n) is 7.04. The molecule has 0 saturated carbocycles. The van der Waals surface area contributed by atoms with E-state index in [4.69, 9.17) is 9.47 Å². The van der Waals surface area contributed by atoms with Gasteiger partial charge in [-0.15, -0.1) is 0 Å². The number of ether oxygens (including phenoxy) is 2. The number of alkyl halides is 3. The van der Waals surface area contributed by atoms with Crippen LogP contribution >= 0.6 is 0 Å². The number of fused-ring (bicyclic) bond motifs is 1. The van der Waals surface area contributed by atoms with Gasteiger partial charge in [0.15, 0.2) is 0 Å². The van der Waals surface area contributed by atoms with E-state index in [1.165, 1.54) is 12.1 Å². The summed E-state index contributed by atoms with van der Waals surface area (Å²) < 4.78 is 47.6. The molecule has 0 unspecified atom stereocenters. The zero-order valence-corrected chi connectivity index (χ0v) is 11.9. The van der Waals surface area contributed by atoms with Crippen LogP contribution < -0.4 is 0 Å². The van der Waals surface area contributed by atoms with Gasteiger partial charge >= 0.3 is 18.1 Å². The number of aryl methyl sites for hydroxylation is 1. The maximum Gasteiger partial charge on any atom is 0.416 e. The molecule has 122 valence electrons. The Bertz CT molecular complexity index is 663. The van der Waals surface area contributed by atoms with Gasteiger partial charge < -0.3 is 9.47 Å². The second-order valence-corrected chi connectivity index (χ2v) is 5.59. The van der Waals surface area contributed by atoms with Crippen molar-refractivity contribution in [3.05, 3.63) is 47.5 Å². The van der Waals surface area contributed by atoms with Crippen molar-refractivity contribution in [2.24, 2.45) is 5.92 Å². The van der Waals surface area contributed by atoms with Crippen molar-refractivity contribution in [2.75, 3.05) is 0 Å². The third kappa shape index (κ3) is 2.83. The van der Waals surface area contributed by atoms with Crippen LogP contribution in [0.5, 0.6) is 0 Å². The number of halogens is 3. The SMILES string of the molecule is C=C1C(=O)O[C@@H]2C(=O)O[C@@H](CCc3ccc(C(F)(F)F)cc3)[C@H]12. The third-order valence-electron chi connectivity index (χ3n) is 4.12. The fourth-order valence-corrected chi connectivity index (χ4v) is 2.89. The van der Waals surface area contributed by atoms with Crippen molar-refractivity contribution in [2.45, 2.75) is 31.2 Å². The van der Waals surface area contributed by atoms with Crippen LogP contribution in [0.4, 0.5) is 13.2 Å². The van der Waals surface area contributed by atoms with Gasteiger partial charge in [0.25, 0.3) is 0 Å². The molecule has 0 spiro atoms. The Labute approximate surface area is 129 Å². The molecule has 0 bridgehead atoms. The summed E-state index contributed by atoms with van der Waals surface area (Å²) in [6.07, 6.45) is -5.05. The number of hydrogen-bond donors (Lipinski definition) is 0. The molecule has 1 aromatic rings. The molecule has 4 nitrogen and oxygen atoms in total. The summed E-state index contributed by atoms with van der Waals surface area (Å²) in [5, 5.41) is 0. The minimum absolute atomic E-state index is 0.207. The minimum atomic E-state index is -4.37. The Hall–Kier alpha value is -2.31. The summed E-state index contributed by atoms with van der Waals surface area (Å²) in [6.45, 7) is 3.62. The van der Waals surface area contributed by atoms with E-state index in [9.17, 15) is 22.8 Å². The maximum atomic E-state index is 12.5. The molecular weight excluding hydrogens is 313 g/mol. The lowest BCUT2D eigenvalue weighted by atomic mass is 9.90. The Kier molecular flexibility index (Phi) is 3.66. The van der Waals surface area contributed by atoms with Gasteiger partial charge in [-0.1, -0.05) is 18.7 Å². The Morgan fingerprint density at radius 3 is 2.35 bits per heavy atom. The minimum Gasteiger partial charge on any atom is -0.459 e. The number of cyclic esters (lactones) is 1. The highest BCUT2D eigenvalue weighted by Gasteiger charge is 2.54. The van der Waals surface area contributed by atoms with Crippen molar-refractivity contribution in [3.63, 3.8) is 0 Å². The van der Waals surface area contributed by atoms with Crippen LogP contribution in [-0.2, 0) is 31.7 Å². The summed E-state index contributed by atoms with van der Waals surface area (Å²) >= 11 is 0. The molecule has 0 radical (unpaired) electrons. The van der Waals surface area contributed by atoms with Crippen molar-refractivity contribution >= 4 is 11.9 Å². The van der Waals surface area contributed by atoms with Crippen molar-refractivity contribution in [1.29, 1.82) is 0 Å². The monoisotopic (exact) mass is 326 g/mol. The molecule has 3 rings (SSSR count). The molecule has 1 aromatic carbocycles. The maximum absolute atomic E-state index is 12.5.